The highest BCUT2D eigenvalue weighted by Crippen LogP contribution is 2.40. The van der Waals surface area contributed by atoms with Crippen molar-refractivity contribution in [2.24, 2.45) is 0 Å². The summed E-state index contributed by atoms with van der Waals surface area (Å²) in [4.78, 5) is 32.9. The summed E-state index contributed by atoms with van der Waals surface area (Å²) in [5.41, 5.74) is 2.34. The van der Waals surface area contributed by atoms with Gasteiger partial charge in [-0.1, -0.05) is 6.92 Å². The van der Waals surface area contributed by atoms with Gasteiger partial charge in [0.2, 0.25) is 0 Å². The third-order valence-electron chi connectivity index (χ3n) is 7.08. The van der Waals surface area contributed by atoms with Crippen LogP contribution >= 0.6 is 0 Å². The molecule has 2 aromatic heterocycles. The number of esters is 1. The molecule has 2 N–H and O–H groups in total. The summed E-state index contributed by atoms with van der Waals surface area (Å²) in [5, 5.41) is 22.1. The first-order valence-electron chi connectivity index (χ1n) is 11.2. The number of cyclic esters (lactones) is 1. The normalized spacial score (nSPS) is 19.1. The number of aromatic nitrogens is 2. The summed E-state index contributed by atoms with van der Waals surface area (Å²) in [6.45, 7) is 6.69. The highest BCUT2D eigenvalue weighted by atomic mass is 16.6. The molecule has 1 atom stereocenters. The van der Waals surface area contributed by atoms with Crippen LogP contribution in [0.4, 0.5) is 0 Å². The maximum Gasteiger partial charge on any atom is 0.343 e. The van der Waals surface area contributed by atoms with Crippen molar-refractivity contribution in [2.45, 2.75) is 58.5 Å². The van der Waals surface area contributed by atoms with Gasteiger partial charge in [-0.15, -0.1) is 0 Å². The van der Waals surface area contributed by atoms with E-state index in [2.05, 4.69) is 18.7 Å². The van der Waals surface area contributed by atoms with Crippen LogP contribution in [-0.4, -0.2) is 43.7 Å². The molecule has 0 spiro atoms. The Morgan fingerprint density at radius 3 is 2.70 bits per heavy atom. The number of ether oxygens (including phenoxy) is 1. The molecule has 172 valence electrons. The van der Waals surface area contributed by atoms with E-state index in [1.165, 1.54) is 0 Å². The van der Waals surface area contributed by atoms with Crippen LogP contribution in [0.3, 0.4) is 0 Å². The van der Waals surface area contributed by atoms with Gasteiger partial charge < -0.3 is 19.5 Å². The Bertz CT molecular complexity index is 1380. The second-order valence-corrected chi connectivity index (χ2v) is 9.23. The number of benzene rings is 1. The highest BCUT2D eigenvalue weighted by Gasteiger charge is 2.45. The van der Waals surface area contributed by atoms with E-state index in [9.17, 15) is 19.8 Å². The summed E-state index contributed by atoms with van der Waals surface area (Å²) >= 11 is 0. The minimum atomic E-state index is -1.85. The van der Waals surface area contributed by atoms with Crippen LogP contribution in [0, 0.1) is 0 Å². The molecule has 0 saturated carbocycles. The van der Waals surface area contributed by atoms with E-state index in [-0.39, 0.29) is 24.3 Å². The number of carbonyl (C=O) groups is 1. The van der Waals surface area contributed by atoms with Gasteiger partial charge >= 0.3 is 5.97 Å². The Morgan fingerprint density at radius 2 is 2.00 bits per heavy atom. The predicted octanol–water partition coefficient (Wildman–Crippen LogP) is 2.63. The van der Waals surface area contributed by atoms with E-state index < -0.39 is 11.6 Å². The number of phenols is 1. The van der Waals surface area contributed by atoms with Crippen molar-refractivity contribution in [3.63, 3.8) is 0 Å². The lowest BCUT2D eigenvalue weighted by Gasteiger charge is -2.31. The number of hydrogen-bond acceptors (Lipinski definition) is 7. The van der Waals surface area contributed by atoms with Crippen LogP contribution in [0.15, 0.2) is 29.1 Å². The molecule has 1 aromatic carbocycles. The van der Waals surface area contributed by atoms with Crippen molar-refractivity contribution in [2.75, 3.05) is 7.05 Å². The summed E-state index contributed by atoms with van der Waals surface area (Å²) < 4.78 is 6.80. The highest BCUT2D eigenvalue weighted by molar-refractivity contribution is 5.89. The number of fused-ring (bicyclic) bond motifs is 5. The first-order valence-corrected chi connectivity index (χ1v) is 11.2. The second-order valence-electron chi connectivity index (χ2n) is 9.23. The Hall–Kier alpha value is -3.23. The van der Waals surface area contributed by atoms with Gasteiger partial charge in [0, 0.05) is 29.1 Å². The fourth-order valence-corrected chi connectivity index (χ4v) is 4.76. The second kappa shape index (κ2) is 7.40. The number of hydrogen-bond donors (Lipinski definition) is 2. The Labute approximate surface area is 191 Å². The summed E-state index contributed by atoms with van der Waals surface area (Å²) in [6.07, 6.45) is 0.101. The number of carbonyl (C=O) groups excluding carboxylic acids is 1. The molecule has 4 heterocycles. The van der Waals surface area contributed by atoms with Crippen LogP contribution in [0.2, 0.25) is 0 Å². The van der Waals surface area contributed by atoms with Crippen LogP contribution in [0.25, 0.3) is 22.3 Å². The molecular formula is C25H27N3O5. The number of nitrogens with zero attached hydrogens (tertiary/aromatic N) is 3. The maximum atomic E-state index is 13.5. The summed E-state index contributed by atoms with van der Waals surface area (Å²) in [7, 11) is 2.03. The number of pyridine rings is 2. The van der Waals surface area contributed by atoms with Crippen LogP contribution in [0.1, 0.15) is 49.4 Å². The number of aliphatic hydroxyl groups is 1. The number of aromatic hydroxyl groups is 1. The fraction of sp³-hybridized carbons (Fsp3) is 0.400. The number of rotatable bonds is 4. The molecule has 0 unspecified atom stereocenters. The van der Waals surface area contributed by atoms with Crippen LogP contribution in [-0.2, 0) is 34.8 Å². The Kier molecular flexibility index (Phi) is 4.84. The van der Waals surface area contributed by atoms with E-state index in [1.54, 1.807) is 35.8 Å². The lowest BCUT2D eigenvalue weighted by atomic mass is 9.86. The van der Waals surface area contributed by atoms with Gasteiger partial charge in [0.15, 0.2) is 5.60 Å². The Balaban J connectivity index is 1.79. The average Bonchev–Trinajstić information content (AvgIpc) is 3.15. The topological polar surface area (TPSA) is 105 Å². The van der Waals surface area contributed by atoms with E-state index in [1.807, 2.05) is 7.05 Å². The average molecular weight is 450 g/mol. The molecule has 2 aliphatic heterocycles. The zero-order valence-corrected chi connectivity index (χ0v) is 19.2. The fourth-order valence-electron chi connectivity index (χ4n) is 4.76. The summed E-state index contributed by atoms with van der Waals surface area (Å²) in [6, 6.07) is 7.09. The monoisotopic (exact) mass is 449 g/mol. The van der Waals surface area contributed by atoms with E-state index in [4.69, 9.17) is 9.72 Å². The molecule has 5 rings (SSSR count). The van der Waals surface area contributed by atoms with Gasteiger partial charge in [-0.25, -0.2) is 9.78 Å². The SMILES string of the molecule is CC[C@@]1(O)C(=O)OCc2c1cc1n(c2=O)Cc2c-1nc1ccc(O)cc1c2CN(C)C(C)C. The molecule has 0 fully saturated rings. The largest absolute Gasteiger partial charge is 0.508 e. The quantitative estimate of drug-likeness (QED) is 0.462. The minimum absolute atomic E-state index is 0.101. The minimum Gasteiger partial charge on any atom is -0.508 e. The molecule has 0 bridgehead atoms. The maximum absolute atomic E-state index is 13.5. The number of phenolic OH excluding ortho intramolecular Hbond substituents is 1. The Morgan fingerprint density at radius 1 is 1.24 bits per heavy atom. The molecule has 8 nitrogen and oxygen atoms in total. The van der Waals surface area contributed by atoms with Gasteiger partial charge in [-0.05, 0) is 57.1 Å². The van der Waals surface area contributed by atoms with Crippen molar-refractivity contribution in [3.05, 3.63) is 56.9 Å². The van der Waals surface area contributed by atoms with Gasteiger partial charge in [-0.2, -0.15) is 0 Å². The standard InChI is InChI=1S/C25H27N3O5/c1-5-25(32)19-9-21-22-17(11-28(21)23(30)18(19)12-33-24(25)31)16(10-27(4)13(2)3)15-8-14(29)6-7-20(15)26-22/h6-9,13,29,32H,5,10-12H2,1-4H3/t25-/m0/s1. The first-order chi connectivity index (χ1) is 15.7. The lowest BCUT2D eigenvalue weighted by Crippen LogP contribution is -2.44. The van der Waals surface area contributed by atoms with Gasteiger partial charge in [0.25, 0.3) is 5.56 Å². The molecule has 0 amide bonds. The molecular weight excluding hydrogens is 422 g/mol. The van der Waals surface area contributed by atoms with E-state index in [0.717, 1.165) is 16.5 Å². The van der Waals surface area contributed by atoms with Crippen molar-refractivity contribution < 1.29 is 19.7 Å². The lowest BCUT2D eigenvalue weighted by molar-refractivity contribution is -0.172. The molecule has 2 aliphatic rings. The smallest absolute Gasteiger partial charge is 0.343 e. The zero-order chi connectivity index (χ0) is 23.7. The molecule has 0 aliphatic carbocycles. The van der Waals surface area contributed by atoms with E-state index in [0.29, 0.717) is 47.2 Å². The van der Waals surface area contributed by atoms with Crippen molar-refractivity contribution >= 4 is 16.9 Å². The third kappa shape index (κ3) is 3.08. The molecule has 0 saturated heterocycles. The van der Waals surface area contributed by atoms with Crippen molar-refractivity contribution in [3.8, 4) is 17.1 Å². The van der Waals surface area contributed by atoms with Crippen molar-refractivity contribution in [1.29, 1.82) is 0 Å². The van der Waals surface area contributed by atoms with Gasteiger partial charge in [-0.3, -0.25) is 9.69 Å². The van der Waals surface area contributed by atoms with Crippen molar-refractivity contribution in [1.82, 2.24) is 14.5 Å². The van der Waals surface area contributed by atoms with Crippen LogP contribution in [0.5, 0.6) is 5.75 Å². The third-order valence-corrected chi connectivity index (χ3v) is 7.08. The predicted molar refractivity (Wildman–Crippen MR) is 123 cm³/mol. The van der Waals surface area contributed by atoms with Crippen LogP contribution < -0.4 is 5.56 Å². The first kappa shape index (κ1) is 21.6. The summed E-state index contributed by atoms with van der Waals surface area (Å²) in [5.74, 6) is -0.578. The van der Waals surface area contributed by atoms with Gasteiger partial charge in [0.1, 0.15) is 12.4 Å². The molecule has 8 heteroatoms. The molecule has 33 heavy (non-hydrogen) atoms. The van der Waals surface area contributed by atoms with Gasteiger partial charge in [0.05, 0.1) is 29.0 Å². The van der Waals surface area contributed by atoms with E-state index >= 15 is 0 Å². The molecule has 0 radical (unpaired) electrons. The molecule has 3 aromatic rings. The zero-order valence-electron chi connectivity index (χ0n) is 19.2.